The zero-order valence-corrected chi connectivity index (χ0v) is 30.2. The molecule has 0 amide bonds. The largest absolute Gasteiger partial charge is 0.208 e. The van der Waals surface area contributed by atoms with E-state index in [1.165, 1.54) is 11.1 Å². The smallest absolute Gasteiger partial charge is 0.164 e. The van der Waals surface area contributed by atoms with Crippen molar-refractivity contribution in [1.82, 2.24) is 15.0 Å². The highest BCUT2D eigenvalue weighted by Gasteiger charge is 2.18. The third-order valence-electron chi connectivity index (χ3n) is 9.87. The van der Waals surface area contributed by atoms with Crippen LogP contribution in [-0.4, -0.2) is 15.0 Å². The first kappa shape index (κ1) is 27.6. The third kappa shape index (κ3) is 6.39. The summed E-state index contributed by atoms with van der Waals surface area (Å²) < 4.78 is 44.9. The lowest BCUT2D eigenvalue weighted by atomic mass is 9.97. The quantitative estimate of drug-likeness (QED) is 0.164. The first-order valence-electron chi connectivity index (χ1n) is 20.5. The summed E-state index contributed by atoms with van der Waals surface area (Å²) in [5.41, 5.74) is 10.2. The standard InChI is InChI=1S/C51H33N3S/c1-4-12-34(13-5-1)36-22-24-37(25-23-36)38-26-28-39(29-27-38)42-30-31-46-45(33-42)48-44(20-11-21-47(48)55-46)51-53-49(40-16-8-3-9-17-40)52-50(54-51)43-19-10-18-41(32-43)35-14-6-2-7-15-35/h1-33H/i3D,8D,9D,16D,17D. The molecule has 0 aliphatic rings. The Morgan fingerprint density at radius 1 is 0.345 bits per heavy atom. The zero-order chi connectivity index (χ0) is 40.9. The van der Waals surface area contributed by atoms with Crippen LogP contribution in [0.15, 0.2) is 200 Å². The molecule has 0 aliphatic heterocycles. The van der Waals surface area contributed by atoms with Gasteiger partial charge in [0.2, 0.25) is 0 Å². The number of aromatic nitrogens is 3. The Morgan fingerprint density at radius 3 is 1.47 bits per heavy atom. The molecule has 0 spiro atoms. The van der Waals surface area contributed by atoms with Crippen molar-refractivity contribution in [1.29, 1.82) is 0 Å². The topological polar surface area (TPSA) is 38.7 Å². The Labute approximate surface area is 331 Å². The van der Waals surface area contributed by atoms with Gasteiger partial charge in [-0.1, -0.05) is 176 Å². The van der Waals surface area contributed by atoms with Crippen LogP contribution in [0.5, 0.6) is 0 Å². The molecule has 2 aromatic heterocycles. The van der Waals surface area contributed by atoms with Crippen molar-refractivity contribution in [3.63, 3.8) is 0 Å². The van der Waals surface area contributed by atoms with E-state index in [9.17, 15) is 0 Å². The van der Waals surface area contributed by atoms with E-state index in [2.05, 4.69) is 97.1 Å². The van der Waals surface area contributed by atoms with Crippen LogP contribution >= 0.6 is 11.3 Å². The van der Waals surface area contributed by atoms with Crippen LogP contribution in [0, 0.1) is 0 Å². The molecule has 0 N–H and O–H groups in total. The normalized spacial score (nSPS) is 12.5. The van der Waals surface area contributed by atoms with E-state index in [0.29, 0.717) is 17.2 Å². The lowest BCUT2D eigenvalue weighted by molar-refractivity contribution is 1.08. The maximum absolute atomic E-state index is 8.82. The van der Waals surface area contributed by atoms with Gasteiger partial charge in [-0.3, -0.25) is 0 Å². The lowest BCUT2D eigenvalue weighted by Crippen LogP contribution is -2.00. The molecule has 0 fully saturated rings. The van der Waals surface area contributed by atoms with Crippen molar-refractivity contribution < 1.29 is 6.85 Å². The average Bonchev–Trinajstić information content (AvgIpc) is 3.69. The summed E-state index contributed by atoms with van der Waals surface area (Å²) in [6, 6.07) is 56.0. The van der Waals surface area contributed by atoms with Crippen molar-refractivity contribution in [3.05, 3.63) is 200 Å². The predicted molar refractivity (Wildman–Crippen MR) is 231 cm³/mol. The van der Waals surface area contributed by atoms with E-state index in [4.69, 9.17) is 21.8 Å². The first-order chi connectivity index (χ1) is 29.3. The Balaban J connectivity index is 1.09. The van der Waals surface area contributed by atoms with Gasteiger partial charge in [-0.25, -0.2) is 15.0 Å². The van der Waals surface area contributed by atoms with Gasteiger partial charge in [0.15, 0.2) is 17.5 Å². The van der Waals surface area contributed by atoms with Crippen molar-refractivity contribution >= 4 is 31.5 Å². The number of hydrogen-bond acceptors (Lipinski definition) is 4. The Morgan fingerprint density at radius 2 is 0.818 bits per heavy atom. The molecule has 3 nitrogen and oxygen atoms in total. The molecule has 258 valence electrons. The van der Waals surface area contributed by atoms with Gasteiger partial charge in [0.05, 0.1) is 6.85 Å². The summed E-state index contributed by atoms with van der Waals surface area (Å²) in [5.74, 6) is 0.668. The highest BCUT2D eigenvalue weighted by atomic mass is 32.1. The second-order valence-electron chi connectivity index (χ2n) is 13.3. The fraction of sp³-hybridized carbons (Fsp3) is 0. The molecule has 0 radical (unpaired) electrons. The van der Waals surface area contributed by atoms with Crippen molar-refractivity contribution in [2.45, 2.75) is 0 Å². The average molecular weight is 725 g/mol. The van der Waals surface area contributed by atoms with Gasteiger partial charge < -0.3 is 0 Å². The molecule has 10 aromatic rings. The molecule has 0 saturated heterocycles. The van der Waals surface area contributed by atoms with Crippen LogP contribution in [0.1, 0.15) is 6.85 Å². The molecule has 0 saturated carbocycles. The number of fused-ring (bicyclic) bond motifs is 3. The fourth-order valence-electron chi connectivity index (χ4n) is 7.10. The van der Waals surface area contributed by atoms with Gasteiger partial charge in [0, 0.05) is 36.9 Å². The maximum Gasteiger partial charge on any atom is 0.164 e. The fourth-order valence-corrected chi connectivity index (χ4v) is 8.21. The van der Waals surface area contributed by atoms with Gasteiger partial charge >= 0.3 is 0 Å². The number of rotatable bonds is 7. The predicted octanol–water partition coefficient (Wildman–Crippen LogP) is 13.9. The summed E-state index contributed by atoms with van der Waals surface area (Å²) in [5, 5.41) is 2.01. The van der Waals surface area contributed by atoms with Crippen LogP contribution in [0.3, 0.4) is 0 Å². The van der Waals surface area contributed by atoms with E-state index in [1.807, 2.05) is 72.8 Å². The zero-order valence-electron chi connectivity index (χ0n) is 34.4. The molecule has 0 aliphatic carbocycles. The molecule has 0 atom stereocenters. The molecular weight excluding hydrogens is 687 g/mol. The van der Waals surface area contributed by atoms with E-state index in [1.54, 1.807) is 11.3 Å². The third-order valence-corrected chi connectivity index (χ3v) is 11.0. The minimum absolute atomic E-state index is 0.00383. The molecular formula is C51H33N3S. The van der Waals surface area contributed by atoms with E-state index >= 15 is 0 Å². The SMILES string of the molecule is [2H]c1c([2H])c([2H])c(-c2nc(-c3cccc(-c4ccccc4)c3)nc(-c3cccc4sc5ccc(-c6ccc(-c7ccc(-c8ccccc8)cc7)cc6)cc5c34)n2)c([2H])c1[2H]. The number of benzene rings is 8. The lowest BCUT2D eigenvalue weighted by Gasteiger charge is -2.11. The van der Waals surface area contributed by atoms with Crippen LogP contribution in [-0.2, 0) is 0 Å². The van der Waals surface area contributed by atoms with Crippen LogP contribution in [0.4, 0.5) is 0 Å². The van der Waals surface area contributed by atoms with E-state index < -0.39 is 18.1 Å². The summed E-state index contributed by atoms with van der Waals surface area (Å²) in [6.07, 6.45) is 0. The van der Waals surface area contributed by atoms with Gasteiger partial charge in [-0.2, -0.15) is 0 Å². The summed E-state index contributed by atoms with van der Waals surface area (Å²) in [7, 11) is 0. The Kier molecular flexibility index (Phi) is 7.06. The van der Waals surface area contributed by atoms with Crippen molar-refractivity contribution in [2.24, 2.45) is 0 Å². The van der Waals surface area contributed by atoms with Gasteiger partial charge in [0.25, 0.3) is 0 Å². The molecule has 0 bridgehead atoms. The molecule has 4 heteroatoms. The monoisotopic (exact) mass is 724 g/mol. The number of nitrogens with zero attached hydrogens (tertiary/aromatic N) is 3. The Bertz CT molecular complexity index is 3210. The second-order valence-corrected chi connectivity index (χ2v) is 14.3. The highest BCUT2D eigenvalue weighted by Crippen LogP contribution is 2.42. The van der Waals surface area contributed by atoms with Crippen LogP contribution in [0.25, 0.3) is 98.8 Å². The van der Waals surface area contributed by atoms with Crippen molar-refractivity contribution in [3.8, 4) is 78.7 Å². The van der Waals surface area contributed by atoms with Gasteiger partial charge in [-0.05, 0) is 68.8 Å². The summed E-state index contributed by atoms with van der Waals surface area (Å²) in [4.78, 5) is 14.8. The van der Waals surface area contributed by atoms with E-state index in [0.717, 1.165) is 59.1 Å². The van der Waals surface area contributed by atoms with Gasteiger partial charge in [0.1, 0.15) is 0 Å². The molecule has 10 rings (SSSR count). The first-order valence-corrected chi connectivity index (χ1v) is 18.8. The minimum atomic E-state index is -0.476. The maximum atomic E-state index is 8.82. The number of hydrogen-bond donors (Lipinski definition) is 0. The molecule has 0 unspecified atom stereocenters. The summed E-state index contributed by atoms with van der Waals surface area (Å²) >= 11 is 1.68. The second kappa shape index (κ2) is 14.1. The molecule has 55 heavy (non-hydrogen) atoms. The Hall–Kier alpha value is -7.01. The summed E-state index contributed by atoms with van der Waals surface area (Å²) in [6.45, 7) is 0. The van der Waals surface area contributed by atoms with Gasteiger partial charge in [-0.15, -0.1) is 11.3 Å². The van der Waals surface area contributed by atoms with Crippen molar-refractivity contribution in [2.75, 3.05) is 0 Å². The molecule has 8 aromatic carbocycles. The van der Waals surface area contributed by atoms with Crippen LogP contribution < -0.4 is 0 Å². The minimum Gasteiger partial charge on any atom is -0.208 e. The highest BCUT2D eigenvalue weighted by molar-refractivity contribution is 7.26. The number of thiophene rings is 1. The van der Waals surface area contributed by atoms with E-state index in [-0.39, 0.29) is 23.5 Å². The van der Waals surface area contributed by atoms with Crippen LogP contribution in [0.2, 0.25) is 0 Å². The molecule has 2 heterocycles.